The summed E-state index contributed by atoms with van der Waals surface area (Å²) in [6, 6.07) is 0. The molecule has 0 spiro atoms. The molecule has 0 saturated carbocycles. The van der Waals surface area contributed by atoms with Gasteiger partial charge in [0.15, 0.2) is 6.10 Å². The van der Waals surface area contributed by atoms with Gasteiger partial charge in [-0.1, -0.05) is 160 Å². The Bertz CT molecular complexity index is 1590. The molecular weight excluding hydrogens is 822 g/mol. The first-order valence-corrected chi connectivity index (χ1v) is 25.1. The summed E-state index contributed by atoms with van der Waals surface area (Å²) in [5, 5.41) is 0. The van der Waals surface area contributed by atoms with Gasteiger partial charge in [-0.15, -0.1) is 0 Å². The smallest absolute Gasteiger partial charge is 0.462 e. The van der Waals surface area contributed by atoms with Crippen molar-refractivity contribution < 1.29 is 42.1 Å². The molecule has 64 heavy (non-hydrogen) atoms. The van der Waals surface area contributed by atoms with Gasteiger partial charge in [0, 0.05) is 12.8 Å². The van der Waals surface area contributed by atoms with E-state index in [-0.39, 0.29) is 26.1 Å². The molecule has 0 aliphatic heterocycles. The molecule has 0 aliphatic rings. The summed E-state index contributed by atoms with van der Waals surface area (Å²) in [7, 11) is 1.38. The highest BCUT2D eigenvalue weighted by atomic mass is 31.2. The highest BCUT2D eigenvalue weighted by Gasteiger charge is 2.27. The van der Waals surface area contributed by atoms with Crippen molar-refractivity contribution in [1.82, 2.24) is 0 Å². The minimum atomic E-state index is -4.42. The van der Waals surface area contributed by atoms with E-state index < -0.39 is 32.5 Å². The van der Waals surface area contributed by atoms with Gasteiger partial charge in [0.2, 0.25) is 0 Å². The van der Waals surface area contributed by atoms with Gasteiger partial charge in [-0.2, -0.15) is 0 Å². The summed E-state index contributed by atoms with van der Waals surface area (Å²) in [4.78, 5) is 35.4. The summed E-state index contributed by atoms with van der Waals surface area (Å²) in [5.41, 5.74) is 0. The van der Waals surface area contributed by atoms with Gasteiger partial charge in [-0.3, -0.25) is 18.6 Å². The summed E-state index contributed by atoms with van der Waals surface area (Å²) >= 11 is 0. The monoisotopic (exact) mass is 907 g/mol. The van der Waals surface area contributed by atoms with Crippen molar-refractivity contribution in [1.29, 1.82) is 0 Å². The van der Waals surface area contributed by atoms with E-state index in [1.165, 1.54) is 0 Å². The molecule has 0 radical (unpaired) electrons. The molecule has 358 valence electrons. The molecule has 0 fully saturated rings. The van der Waals surface area contributed by atoms with E-state index in [0.29, 0.717) is 23.9 Å². The second-order valence-corrected chi connectivity index (χ2v) is 17.5. The van der Waals surface area contributed by atoms with Gasteiger partial charge in [-0.25, -0.2) is 4.57 Å². The lowest BCUT2D eigenvalue weighted by Gasteiger charge is -2.24. The van der Waals surface area contributed by atoms with Crippen molar-refractivity contribution in [2.75, 3.05) is 47.5 Å². The minimum absolute atomic E-state index is 0.00206. The van der Waals surface area contributed by atoms with Gasteiger partial charge in [0.1, 0.15) is 19.8 Å². The number of carbonyl (C=O) groups excluding carboxylic acids is 2. The van der Waals surface area contributed by atoms with E-state index >= 15 is 0 Å². The number of unbranched alkanes of at least 4 members (excludes halogenated alkanes) is 2. The Labute approximate surface area is 389 Å². The molecule has 2 atom stereocenters. The van der Waals surface area contributed by atoms with Crippen LogP contribution in [0.3, 0.4) is 0 Å². The predicted octanol–water partition coefficient (Wildman–Crippen LogP) is 14.0. The fourth-order valence-corrected chi connectivity index (χ4v) is 6.02. The van der Waals surface area contributed by atoms with Crippen molar-refractivity contribution in [3.05, 3.63) is 146 Å². The van der Waals surface area contributed by atoms with Crippen LogP contribution in [0, 0.1) is 0 Å². The molecule has 0 bridgehead atoms. The topological polar surface area (TPSA) is 108 Å². The molecule has 0 rings (SSSR count). The van der Waals surface area contributed by atoms with E-state index in [1.807, 2.05) is 33.3 Å². The zero-order chi connectivity index (χ0) is 47.1. The summed E-state index contributed by atoms with van der Waals surface area (Å²) in [6.45, 7) is 4.01. The van der Waals surface area contributed by atoms with Crippen LogP contribution < -0.4 is 0 Å². The molecule has 0 aliphatic carbocycles. The number of phosphoric ester groups is 1. The summed E-state index contributed by atoms with van der Waals surface area (Å²) in [5.74, 6) is -0.965. The van der Waals surface area contributed by atoms with Crippen LogP contribution in [0.15, 0.2) is 146 Å². The number of carbonyl (C=O) groups is 2. The Morgan fingerprint density at radius 1 is 0.484 bits per heavy atom. The van der Waals surface area contributed by atoms with E-state index in [0.717, 1.165) is 89.9 Å². The molecule has 0 saturated heterocycles. The molecular formula is C54H85NO8P+. The number of ether oxygens (including phenoxy) is 2. The van der Waals surface area contributed by atoms with Crippen molar-refractivity contribution in [3.8, 4) is 0 Å². The van der Waals surface area contributed by atoms with Gasteiger partial charge in [0.25, 0.3) is 0 Å². The van der Waals surface area contributed by atoms with Gasteiger partial charge >= 0.3 is 19.8 Å². The average molecular weight is 907 g/mol. The van der Waals surface area contributed by atoms with E-state index in [2.05, 4.69) is 148 Å². The van der Waals surface area contributed by atoms with Crippen LogP contribution in [0.2, 0.25) is 0 Å². The number of hydrogen-bond acceptors (Lipinski definition) is 7. The van der Waals surface area contributed by atoms with Gasteiger partial charge < -0.3 is 18.9 Å². The Balaban J connectivity index is 4.56. The number of rotatable bonds is 40. The number of esters is 2. The largest absolute Gasteiger partial charge is 0.472 e. The molecule has 9 nitrogen and oxygen atoms in total. The SMILES string of the molecule is CC/C=C\C/C=C\C/C=C\C/C=C\C/C=C\C/C=C\CCCCC(=O)OC(COC(=O)CC/C=C\C/C=C\C/C=C\C/C=C\C/C=C\C/C=C\CC)COP(=O)(O)OCC[N+](C)(C)C. The lowest BCUT2D eigenvalue weighted by Crippen LogP contribution is -2.37. The number of likely N-dealkylation sites (N-methyl/N-ethyl adjacent to an activating group) is 1. The molecule has 0 aromatic carbocycles. The standard InChI is InChI=1S/C54H84NO8P/c1-6-8-10-12-14-16-18-20-22-24-26-27-29-31-33-35-37-39-41-43-45-47-54(57)63-52(51-62-64(58,59)61-49-48-55(3,4)5)50-60-53(56)46-44-42-40-38-36-34-32-30-28-25-23-21-19-17-15-13-11-9-7-2/h8-11,14-17,20-23,26-28,30-31,33-34,36-37,39-40,42,52H,6-7,12-13,18-19,24-25,29,32,35,38,41,43-51H2,1-5H3/p+1/b10-8-,11-9-,16-14-,17-15-,22-20-,23-21-,27-26-,30-28-,33-31-,36-34-,39-37-,42-40-. The highest BCUT2D eigenvalue weighted by molar-refractivity contribution is 7.47. The molecule has 0 heterocycles. The van der Waals surface area contributed by atoms with Crippen molar-refractivity contribution >= 4 is 19.8 Å². The zero-order valence-corrected chi connectivity index (χ0v) is 41.1. The Morgan fingerprint density at radius 3 is 1.25 bits per heavy atom. The van der Waals surface area contributed by atoms with Gasteiger partial charge in [-0.05, 0) is 103 Å². The Morgan fingerprint density at radius 2 is 0.859 bits per heavy atom. The van der Waals surface area contributed by atoms with Crippen molar-refractivity contribution in [2.45, 2.75) is 136 Å². The second-order valence-electron chi connectivity index (χ2n) is 16.0. The molecule has 1 N–H and O–H groups in total. The third-order valence-electron chi connectivity index (χ3n) is 8.88. The van der Waals surface area contributed by atoms with Crippen molar-refractivity contribution in [2.24, 2.45) is 0 Å². The maximum atomic E-state index is 12.7. The van der Waals surface area contributed by atoms with E-state index in [4.69, 9.17) is 18.5 Å². The molecule has 10 heteroatoms. The number of nitrogens with zero attached hydrogens (tertiary/aromatic N) is 1. The maximum absolute atomic E-state index is 12.7. The molecule has 0 aromatic rings. The van der Waals surface area contributed by atoms with Crippen molar-refractivity contribution in [3.63, 3.8) is 0 Å². The van der Waals surface area contributed by atoms with Crippen LogP contribution in [0.25, 0.3) is 0 Å². The maximum Gasteiger partial charge on any atom is 0.472 e. The lowest BCUT2D eigenvalue weighted by molar-refractivity contribution is -0.870. The first-order chi connectivity index (χ1) is 31.0. The molecule has 2 unspecified atom stereocenters. The van der Waals surface area contributed by atoms with E-state index in [9.17, 15) is 19.0 Å². The first-order valence-electron chi connectivity index (χ1n) is 23.6. The van der Waals surface area contributed by atoms with Gasteiger partial charge in [0.05, 0.1) is 27.7 Å². The Kier molecular flexibility index (Phi) is 41.3. The van der Waals surface area contributed by atoms with Crippen LogP contribution in [-0.2, 0) is 32.7 Å². The van der Waals surface area contributed by atoms with E-state index in [1.54, 1.807) is 0 Å². The van der Waals surface area contributed by atoms with Crippen LogP contribution in [-0.4, -0.2) is 74.9 Å². The zero-order valence-electron chi connectivity index (χ0n) is 40.2. The number of allylic oxidation sites excluding steroid dienone is 24. The fourth-order valence-electron chi connectivity index (χ4n) is 5.28. The predicted molar refractivity (Wildman–Crippen MR) is 270 cm³/mol. The molecule has 0 aromatic heterocycles. The summed E-state index contributed by atoms with van der Waals surface area (Å²) in [6.07, 6.45) is 64.9. The average Bonchev–Trinajstić information content (AvgIpc) is 3.25. The van der Waals surface area contributed by atoms with Crippen LogP contribution in [0.1, 0.15) is 129 Å². The second kappa shape index (κ2) is 44.1. The van der Waals surface area contributed by atoms with Crippen LogP contribution in [0.5, 0.6) is 0 Å². The Hall–Kier alpha value is -4.11. The quantitative estimate of drug-likeness (QED) is 0.0213. The lowest BCUT2D eigenvalue weighted by atomic mass is 10.2. The fraction of sp³-hybridized carbons (Fsp3) is 0.519. The van der Waals surface area contributed by atoms with Crippen LogP contribution >= 0.6 is 7.82 Å². The van der Waals surface area contributed by atoms with Crippen LogP contribution in [0.4, 0.5) is 0 Å². The number of quaternary nitrogens is 1. The normalized spacial score (nSPS) is 14.8. The third-order valence-corrected chi connectivity index (χ3v) is 9.86. The number of phosphoric acid groups is 1. The molecule has 0 amide bonds. The minimum Gasteiger partial charge on any atom is -0.462 e. The third kappa shape index (κ3) is 47.4. The summed E-state index contributed by atoms with van der Waals surface area (Å²) < 4.78 is 34.2. The first kappa shape index (κ1) is 59.9. The number of hydrogen-bond donors (Lipinski definition) is 1. The highest BCUT2D eigenvalue weighted by Crippen LogP contribution is 2.43.